The predicted octanol–water partition coefficient (Wildman–Crippen LogP) is 2.69. The monoisotopic (exact) mass is 390 g/mol. The molecule has 5 nitrogen and oxygen atoms in total. The van der Waals surface area contributed by atoms with Gasteiger partial charge in [-0.25, -0.2) is 8.42 Å². The molecule has 4 rings (SSSR count). The minimum Gasteiger partial charge on any atom is -0.336 e. The fraction of sp³-hybridized carbons (Fsp3) is 0.421. The molecule has 1 saturated heterocycles. The number of hydrogen-bond donors (Lipinski definition) is 0. The van der Waals surface area contributed by atoms with Crippen LogP contribution in [0.3, 0.4) is 0 Å². The second-order valence-corrected chi connectivity index (χ2v) is 10.4. The Morgan fingerprint density at radius 2 is 1.73 bits per heavy atom. The Hall–Kier alpha value is -1.70. The molecule has 0 N–H and O–H groups in total. The predicted molar refractivity (Wildman–Crippen MR) is 102 cm³/mol. The Morgan fingerprint density at radius 1 is 1.00 bits per heavy atom. The first kappa shape index (κ1) is 17.7. The molecule has 0 radical (unpaired) electrons. The molecule has 1 fully saturated rings. The molecule has 1 aliphatic carbocycles. The molecule has 2 heterocycles. The summed E-state index contributed by atoms with van der Waals surface area (Å²) in [6, 6.07) is 9.48. The van der Waals surface area contributed by atoms with E-state index in [0.29, 0.717) is 30.4 Å². The molecule has 7 heteroatoms. The van der Waals surface area contributed by atoms with Gasteiger partial charge in [-0.3, -0.25) is 4.79 Å². The Balaban J connectivity index is 1.44. The van der Waals surface area contributed by atoms with E-state index in [9.17, 15) is 13.2 Å². The number of piperazine rings is 1. The van der Waals surface area contributed by atoms with E-state index in [1.165, 1.54) is 26.8 Å². The number of amides is 1. The molecule has 1 aromatic heterocycles. The standard InChI is InChI=1S/C19H22N2O3S2/c1-14-5-8-18(25-14)26(23,24)21-11-9-20(10-12-21)19(22)17-7-6-15-3-2-4-16(15)13-17/h5-8,13H,2-4,9-12H2,1H3. The molecular formula is C19H22N2O3S2. The van der Waals surface area contributed by atoms with Crippen molar-refractivity contribution in [2.75, 3.05) is 26.2 Å². The largest absolute Gasteiger partial charge is 0.336 e. The lowest BCUT2D eigenvalue weighted by atomic mass is 10.1. The van der Waals surface area contributed by atoms with E-state index in [1.807, 2.05) is 25.1 Å². The molecule has 0 bridgehead atoms. The van der Waals surface area contributed by atoms with Crippen LogP contribution in [-0.4, -0.2) is 49.7 Å². The van der Waals surface area contributed by atoms with E-state index in [4.69, 9.17) is 0 Å². The second kappa shape index (κ2) is 6.79. The van der Waals surface area contributed by atoms with Crippen molar-refractivity contribution in [2.24, 2.45) is 0 Å². The SMILES string of the molecule is Cc1ccc(S(=O)(=O)N2CCN(C(=O)c3ccc4c(c3)CCC4)CC2)s1. The molecule has 0 saturated carbocycles. The third-order valence-corrected chi connectivity index (χ3v) is 8.55. The summed E-state index contributed by atoms with van der Waals surface area (Å²) in [5.74, 6) is 0.00344. The maximum absolute atomic E-state index is 12.8. The van der Waals surface area contributed by atoms with E-state index in [2.05, 4.69) is 6.07 Å². The van der Waals surface area contributed by atoms with Crippen LogP contribution < -0.4 is 0 Å². The van der Waals surface area contributed by atoms with Gasteiger partial charge in [0.15, 0.2) is 0 Å². The van der Waals surface area contributed by atoms with Crippen molar-refractivity contribution in [3.63, 3.8) is 0 Å². The van der Waals surface area contributed by atoms with Gasteiger partial charge in [-0.15, -0.1) is 11.3 Å². The lowest BCUT2D eigenvalue weighted by Crippen LogP contribution is -2.50. The molecule has 0 atom stereocenters. The van der Waals surface area contributed by atoms with Crippen molar-refractivity contribution in [3.8, 4) is 0 Å². The molecule has 2 aromatic rings. The normalized spacial score (nSPS) is 18.1. The molecule has 138 valence electrons. The van der Waals surface area contributed by atoms with Crippen LogP contribution in [0.5, 0.6) is 0 Å². The fourth-order valence-corrected chi connectivity index (χ4v) is 6.56. The van der Waals surface area contributed by atoms with Gasteiger partial charge in [0.1, 0.15) is 4.21 Å². The van der Waals surface area contributed by atoms with Crippen LogP contribution in [0.1, 0.15) is 32.8 Å². The van der Waals surface area contributed by atoms with Gasteiger partial charge in [-0.05, 0) is 61.6 Å². The number of thiophene rings is 1. The van der Waals surface area contributed by atoms with Gasteiger partial charge in [0.2, 0.25) is 0 Å². The Kier molecular flexibility index (Phi) is 4.62. The highest BCUT2D eigenvalue weighted by Gasteiger charge is 2.31. The van der Waals surface area contributed by atoms with Gasteiger partial charge >= 0.3 is 0 Å². The zero-order valence-corrected chi connectivity index (χ0v) is 16.4. The average Bonchev–Trinajstić information content (AvgIpc) is 3.29. The molecule has 26 heavy (non-hydrogen) atoms. The van der Waals surface area contributed by atoms with Crippen LogP contribution in [0.25, 0.3) is 0 Å². The molecule has 0 unspecified atom stereocenters. The average molecular weight is 391 g/mol. The van der Waals surface area contributed by atoms with Gasteiger partial charge in [-0.1, -0.05) is 6.07 Å². The summed E-state index contributed by atoms with van der Waals surface area (Å²) in [7, 11) is -3.45. The molecular weight excluding hydrogens is 368 g/mol. The second-order valence-electron chi connectivity index (χ2n) is 6.90. The Labute approximate surface area is 158 Å². The smallest absolute Gasteiger partial charge is 0.253 e. The summed E-state index contributed by atoms with van der Waals surface area (Å²) in [6.45, 7) is 3.45. The summed E-state index contributed by atoms with van der Waals surface area (Å²) < 4.78 is 27.3. The van der Waals surface area contributed by atoms with Crippen LogP contribution in [0.15, 0.2) is 34.5 Å². The minimum atomic E-state index is -3.45. The maximum atomic E-state index is 12.8. The number of benzene rings is 1. The number of fused-ring (bicyclic) bond motifs is 1. The van der Waals surface area contributed by atoms with Crippen molar-refractivity contribution in [2.45, 2.75) is 30.4 Å². The highest BCUT2D eigenvalue weighted by atomic mass is 32.2. The molecule has 0 spiro atoms. The quantitative estimate of drug-likeness (QED) is 0.810. The Bertz CT molecular complexity index is 941. The molecule has 1 amide bonds. The minimum absolute atomic E-state index is 0.00344. The number of rotatable bonds is 3. The van der Waals surface area contributed by atoms with Crippen molar-refractivity contribution >= 4 is 27.3 Å². The third-order valence-electron chi connectivity index (χ3n) is 5.18. The van der Waals surface area contributed by atoms with Crippen LogP contribution in [-0.2, 0) is 22.9 Å². The first-order chi connectivity index (χ1) is 12.4. The van der Waals surface area contributed by atoms with Gasteiger partial charge in [-0.2, -0.15) is 4.31 Å². The number of sulfonamides is 1. The van der Waals surface area contributed by atoms with Gasteiger partial charge in [0.25, 0.3) is 15.9 Å². The summed E-state index contributed by atoms with van der Waals surface area (Å²) in [5.41, 5.74) is 3.35. The van der Waals surface area contributed by atoms with E-state index >= 15 is 0 Å². The van der Waals surface area contributed by atoms with Crippen molar-refractivity contribution in [1.29, 1.82) is 0 Å². The van der Waals surface area contributed by atoms with E-state index in [1.54, 1.807) is 11.0 Å². The summed E-state index contributed by atoms with van der Waals surface area (Å²) in [6.07, 6.45) is 3.30. The zero-order chi connectivity index (χ0) is 18.3. The summed E-state index contributed by atoms with van der Waals surface area (Å²) in [4.78, 5) is 15.5. The van der Waals surface area contributed by atoms with Crippen molar-refractivity contribution in [1.82, 2.24) is 9.21 Å². The van der Waals surface area contributed by atoms with Crippen LogP contribution in [0.2, 0.25) is 0 Å². The highest BCUT2D eigenvalue weighted by molar-refractivity contribution is 7.91. The van der Waals surface area contributed by atoms with Gasteiger partial charge < -0.3 is 4.90 Å². The van der Waals surface area contributed by atoms with Crippen LogP contribution in [0, 0.1) is 6.92 Å². The van der Waals surface area contributed by atoms with Gasteiger partial charge in [0.05, 0.1) is 0 Å². The number of carbonyl (C=O) groups excluding carboxylic acids is 1. The first-order valence-corrected chi connectivity index (χ1v) is 11.2. The van der Waals surface area contributed by atoms with Crippen molar-refractivity contribution < 1.29 is 13.2 Å². The van der Waals surface area contributed by atoms with Crippen molar-refractivity contribution in [3.05, 3.63) is 51.9 Å². The molecule has 2 aliphatic rings. The molecule has 1 aromatic carbocycles. The van der Waals surface area contributed by atoms with Crippen LogP contribution in [0.4, 0.5) is 0 Å². The zero-order valence-electron chi connectivity index (χ0n) is 14.8. The third kappa shape index (κ3) is 3.19. The number of hydrogen-bond acceptors (Lipinski definition) is 4. The topological polar surface area (TPSA) is 57.7 Å². The maximum Gasteiger partial charge on any atom is 0.253 e. The Morgan fingerprint density at radius 3 is 2.42 bits per heavy atom. The van der Waals surface area contributed by atoms with E-state index < -0.39 is 10.0 Å². The number of nitrogens with zero attached hydrogens (tertiary/aromatic N) is 2. The molecule has 1 aliphatic heterocycles. The van der Waals surface area contributed by atoms with E-state index in [0.717, 1.165) is 29.7 Å². The lowest BCUT2D eigenvalue weighted by Gasteiger charge is -2.33. The lowest BCUT2D eigenvalue weighted by molar-refractivity contribution is 0.0698. The summed E-state index contributed by atoms with van der Waals surface area (Å²) in [5, 5.41) is 0. The first-order valence-electron chi connectivity index (χ1n) is 8.93. The fourth-order valence-electron chi connectivity index (χ4n) is 3.70. The van der Waals surface area contributed by atoms with E-state index in [-0.39, 0.29) is 5.91 Å². The number of carbonyl (C=O) groups is 1. The highest BCUT2D eigenvalue weighted by Crippen LogP contribution is 2.26. The number of aryl methyl sites for hydroxylation is 3. The van der Waals surface area contributed by atoms with Crippen LogP contribution >= 0.6 is 11.3 Å². The van der Waals surface area contributed by atoms with Gasteiger partial charge in [0, 0.05) is 36.6 Å². The summed E-state index contributed by atoms with van der Waals surface area (Å²) >= 11 is 1.29.